The van der Waals surface area contributed by atoms with Crippen LogP contribution in [0.3, 0.4) is 0 Å². The van der Waals surface area contributed by atoms with Gasteiger partial charge in [-0.25, -0.2) is 0 Å². The van der Waals surface area contributed by atoms with Crippen molar-refractivity contribution >= 4 is 11.3 Å². The van der Waals surface area contributed by atoms with Crippen LogP contribution >= 0.6 is 11.3 Å². The highest BCUT2D eigenvalue weighted by Gasteiger charge is 2.20. The van der Waals surface area contributed by atoms with E-state index in [1.165, 1.54) is 22.6 Å². The van der Waals surface area contributed by atoms with Crippen molar-refractivity contribution in [2.24, 2.45) is 11.7 Å². The zero-order valence-electron chi connectivity index (χ0n) is 11.2. The summed E-state index contributed by atoms with van der Waals surface area (Å²) in [4.78, 5) is 2.77. The van der Waals surface area contributed by atoms with E-state index >= 15 is 0 Å². The Hall–Kier alpha value is -0.340. The van der Waals surface area contributed by atoms with Crippen LogP contribution in [0.15, 0.2) is 12.1 Å². The van der Waals surface area contributed by atoms with E-state index in [1.807, 2.05) is 11.3 Å². The summed E-state index contributed by atoms with van der Waals surface area (Å²) >= 11 is 1.88. The zero-order valence-corrected chi connectivity index (χ0v) is 12.0. The van der Waals surface area contributed by atoms with Gasteiger partial charge in [0.05, 0.1) is 0 Å². The van der Waals surface area contributed by atoms with E-state index in [1.54, 1.807) is 0 Å². The third-order valence-corrected chi connectivity index (χ3v) is 4.66. The number of nitrogens with two attached hydrogens (primary N) is 1. The van der Waals surface area contributed by atoms with E-state index in [0.717, 1.165) is 0 Å². The van der Waals surface area contributed by atoms with Gasteiger partial charge >= 0.3 is 0 Å². The smallest absolute Gasteiger partial charge is 0.0415 e. The fourth-order valence-electron chi connectivity index (χ4n) is 1.85. The summed E-state index contributed by atoms with van der Waals surface area (Å²) in [6.45, 7) is 11.2. The van der Waals surface area contributed by atoms with Crippen molar-refractivity contribution < 1.29 is 0 Å². The summed E-state index contributed by atoms with van der Waals surface area (Å²) in [7, 11) is 0. The predicted molar refractivity (Wildman–Crippen MR) is 74.0 cm³/mol. The molecule has 2 heteroatoms. The molecule has 1 aromatic rings. The maximum Gasteiger partial charge on any atom is 0.0415 e. The van der Waals surface area contributed by atoms with Crippen LogP contribution in [0, 0.1) is 5.92 Å². The number of thiophene rings is 1. The van der Waals surface area contributed by atoms with E-state index in [0.29, 0.717) is 5.92 Å². The van der Waals surface area contributed by atoms with Gasteiger partial charge in [-0.3, -0.25) is 0 Å². The van der Waals surface area contributed by atoms with Crippen LogP contribution in [-0.4, -0.2) is 0 Å². The normalized spacial score (nSPS) is 16.1. The molecular weight excluding hydrogens is 214 g/mol. The van der Waals surface area contributed by atoms with Crippen LogP contribution in [-0.2, 0) is 5.41 Å². The first-order valence-corrected chi connectivity index (χ1v) is 7.03. The van der Waals surface area contributed by atoms with Crippen molar-refractivity contribution in [2.75, 3.05) is 0 Å². The molecule has 1 nitrogen and oxygen atoms in total. The summed E-state index contributed by atoms with van der Waals surface area (Å²) in [6.07, 6.45) is 2.43. The number of hydrogen-bond donors (Lipinski definition) is 1. The van der Waals surface area contributed by atoms with Gasteiger partial charge in [-0.05, 0) is 29.9 Å². The Morgan fingerprint density at radius 2 is 1.94 bits per heavy atom. The molecule has 2 unspecified atom stereocenters. The van der Waals surface area contributed by atoms with Gasteiger partial charge in [0, 0.05) is 15.8 Å². The summed E-state index contributed by atoms with van der Waals surface area (Å²) < 4.78 is 0. The van der Waals surface area contributed by atoms with Gasteiger partial charge in [0.1, 0.15) is 0 Å². The highest BCUT2D eigenvalue weighted by atomic mass is 32.1. The third-order valence-electron chi connectivity index (χ3n) is 3.05. The minimum absolute atomic E-state index is 0.209. The fraction of sp³-hybridized carbons (Fsp3) is 0.714. The van der Waals surface area contributed by atoms with Gasteiger partial charge in [0.15, 0.2) is 0 Å². The predicted octanol–water partition coefficient (Wildman–Crippen LogP) is 4.48. The highest BCUT2D eigenvalue weighted by molar-refractivity contribution is 7.12. The van der Waals surface area contributed by atoms with Gasteiger partial charge in [-0.2, -0.15) is 0 Å². The first-order valence-electron chi connectivity index (χ1n) is 6.22. The number of hydrogen-bond acceptors (Lipinski definition) is 2. The second-order valence-corrected chi connectivity index (χ2v) is 6.86. The Bertz CT molecular complexity index is 322. The van der Waals surface area contributed by atoms with Gasteiger partial charge < -0.3 is 5.73 Å². The van der Waals surface area contributed by atoms with Crippen molar-refractivity contribution in [3.05, 3.63) is 21.9 Å². The Morgan fingerprint density at radius 1 is 1.31 bits per heavy atom. The van der Waals surface area contributed by atoms with E-state index < -0.39 is 0 Å². The van der Waals surface area contributed by atoms with Gasteiger partial charge in [0.2, 0.25) is 0 Å². The van der Waals surface area contributed by atoms with Crippen LogP contribution in [0.1, 0.15) is 63.3 Å². The summed E-state index contributed by atoms with van der Waals surface area (Å²) in [6, 6.07) is 4.65. The van der Waals surface area contributed by atoms with Gasteiger partial charge in [-0.15, -0.1) is 11.3 Å². The second kappa shape index (κ2) is 5.33. The van der Waals surface area contributed by atoms with E-state index in [-0.39, 0.29) is 11.5 Å². The summed E-state index contributed by atoms with van der Waals surface area (Å²) in [5.41, 5.74) is 6.54. The molecule has 0 spiro atoms. The van der Waals surface area contributed by atoms with E-state index in [2.05, 4.69) is 46.8 Å². The average Bonchev–Trinajstić information content (AvgIpc) is 2.65. The zero-order chi connectivity index (χ0) is 12.3. The molecule has 1 rings (SSSR count). The third kappa shape index (κ3) is 3.33. The van der Waals surface area contributed by atoms with Crippen molar-refractivity contribution in [3.63, 3.8) is 0 Å². The van der Waals surface area contributed by atoms with Crippen LogP contribution in [0.2, 0.25) is 0 Å². The molecule has 1 heterocycles. The molecule has 0 aliphatic carbocycles. The van der Waals surface area contributed by atoms with E-state index in [4.69, 9.17) is 5.73 Å². The standard InChI is InChI=1S/C14H25NS/c1-6-7-10(2)13(15)11-8-9-12(16-11)14(3,4)5/h8-10,13H,6-7,15H2,1-5H3. The minimum atomic E-state index is 0.209. The Morgan fingerprint density at radius 3 is 2.38 bits per heavy atom. The largest absolute Gasteiger partial charge is 0.323 e. The van der Waals surface area contributed by atoms with Crippen molar-refractivity contribution in [1.29, 1.82) is 0 Å². The van der Waals surface area contributed by atoms with Crippen LogP contribution in [0.25, 0.3) is 0 Å². The maximum absolute atomic E-state index is 6.29. The molecule has 1 aromatic heterocycles. The average molecular weight is 239 g/mol. The van der Waals surface area contributed by atoms with Crippen LogP contribution in [0.4, 0.5) is 0 Å². The minimum Gasteiger partial charge on any atom is -0.323 e. The van der Waals surface area contributed by atoms with Crippen molar-refractivity contribution in [1.82, 2.24) is 0 Å². The van der Waals surface area contributed by atoms with Gasteiger partial charge in [0.25, 0.3) is 0 Å². The Balaban J connectivity index is 2.78. The lowest BCUT2D eigenvalue weighted by Gasteiger charge is -2.19. The molecule has 0 radical (unpaired) electrons. The molecule has 0 bridgehead atoms. The Kier molecular flexibility index (Phi) is 4.57. The molecule has 0 amide bonds. The molecule has 0 aromatic carbocycles. The summed E-state index contributed by atoms with van der Waals surface area (Å²) in [5, 5.41) is 0. The quantitative estimate of drug-likeness (QED) is 0.823. The Labute approximate surface area is 104 Å². The van der Waals surface area contributed by atoms with Crippen molar-refractivity contribution in [2.45, 2.75) is 58.9 Å². The second-order valence-electron chi connectivity index (χ2n) is 5.74. The van der Waals surface area contributed by atoms with Crippen molar-refractivity contribution in [3.8, 4) is 0 Å². The molecule has 0 aliphatic heterocycles. The first kappa shape index (κ1) is 13.7. The highest BCUT2D eigenvalue weighted by Crippen LogP contribution is 2.34. The molecular formula is C14H25NS. The molecule has 2 atom stereocenters. The fourth-order valence-corrected chi connectivity index (χ4v) is 3.05. The molecule has 0 aliphatic rings. The van der Waals surface area contributed by atoms with Gasteiger partial charge in [-0.1, -0.05) is 41.0 Å². The lowest BCUT2D eigenvalue weighted by atomic mass is 9.94. The molecule has 0 fully saturated rings. The number of rotatable bonds is 4. The molecule has 0 saturated carbocycles. The monoisotopic (exact) mass is 239 g/mol. The lowest BCUT2D eigenvalue weighted by molar-refractivity contribution is 0.438. The van der Waals surface area contributed by atoms with Crippen LogP contribution in [0.5, 0.6) is 0 Å². The lowest BCUT2D eigenvalue weighted by Crippen LogP contribution is -2.17. The molecule has 92 valence electrons. The van der Waals surface area contributed by atoms with E-state index in [9.17, 15) is 0 Å². The molecule has 0 saturated heterocycles. The topological polar surface area (TPSA) is 26.0 Å². The maximum atomic E-state index is 6.29. The summed E-state index contributed by atoms with van der Waals surface area (Å²) in [5.74, 6) is 0.580. The first-order chi connectivity index (χ1) is 7.36. The molecule has 16 heavy (non-hydrogen) atoms. The molecule has 2 N–H and O–H groups in total. The SMILES string of the molecule is CCCC(C)C(N)c1ccc(C(C)(C)C)s1. The van der Waals surface area contributed by atoms with Crippen LogP contribution < -0.4 is 5.73 Å².